The number of nitrogens with zero attached hydrogens (tertiary/aromatic N) is 4. The summed E-state index contributed by atoms with van der Waals surface area (Å²) in [7, 11) is 1.70. The van der Waals surface area contributed by atoms with Gasteiger partial charge in [-0.2, -0.15) is 4.98 Å². The number of nitrogens with one attached hydrogen (secondary N) is 1. The van der Waals surface area contributed by atoms with Crippen molar-refractivity contribution in [2.45, 2.75) is 13.3 Å². The molecule has 1 N–H and O–H groups in total. The number of piperazine rings is 1. The lowest BCUT2D eigenvalue weighted by molar-refractivity contribution is 0.105. The number of carbonyl (C=O) groups excluding carboxylic acids is 1. The molecule has 1 amide bonds. The van der Waals surface area contributed by atoms with Crippen LogP contribution in [0.25, 0.3) is 10.9 Å². The van der Waals surface area contributed by atoms with Crippen LogP contribution in [0, 0.1) is 0 Å². The Morgan fingerprint density at radius 3 is 2.70 bits per heavy atom. The highest BCUT2D eigenvalue weighted by molar-refractivity contribution is 5.90. The summed E-state index contributed by atoms with van der Waals surface area (Å²) in [6.45, 7) is 6.27. The molecule has 146 valence electrons. The number of rotatable bonds is 7. The molecule has 1 saturated heterocycles. The number of amides is 1. The molecule has 0 spiro atoms. The molecule has 1 aromatic heterocycles. The fourth-order valence-electron chi connectivity index (χ4n) is 3.07. The van der Waals surface area contributed by atoms with Gasteiger partial charge in [0.25, 0.3) is 0 Å². The number of hydrogen-bond acceptors (Lipinski definition) is 7. The zero-order chi connectivity index (χ0) is 19.1. The number of carbonyl (C=O) groups is 1. The number of para-hydroxylation sites is 1. The second kappa shape index (κ2) is 9.36. The number of methoxy groups -OCH3 is 1. The maximum Gasteiger partial charge on any atom is 0.409 e. The molecule has 0 bridgehead atoms. The van der Waals surface area contributed by atoms with Gasteiger partial charge in [0, 0.05) is 51.8 Å². The minimum Gasteiger partial charge on any atom is -0.450 e. The molecule has 3 rings (SSSR count). The molecule has 2 heterocycles. The van der Waals surface area contributed by atoms with Crippen LogP contribution in [0.3, 0.4) is 0 Å². The van der Waals surface area contributed by atoms with Gasteiger partial charge in [-0.15, -0.1) is 0 Å². The predicted octanol–water partition coefficient (Wildman–Crippen LogP) is 2.36. The summed E-state index contributed by atoms with van der Waals surface area (Å²) in [6, 6.07) is 7.99. The van der Waals surface area contributed by atoms with Gasteiger partial charge in [0.1, 0.15) is 5.82 Å². The van der Waals surface area contributed by atoms with Crippen molar-refractivity contribution in [3.63, 3.8) is 0 Å². The summed E-state index contributed by atoms with van der Waals surface area (Å²) in [5, 5.41) is 4.41. The van der Waals surface area contributed by atoms with Gasteiger partial charge in [-0.05, 0) is 25.5 Å². The largest absolute Gasteiger partial charge is 0.450 e. The van der Waals surface area contributed by atoms with Crippen molar-refractivity contribution < 1.29 is 14.3 Å². The molecule has 1 aliphatic rings. The van der Waals surface area contributed by atoms with E-state index in [9.17, 15) is 4.79 Å². The molecule has 0 aliphatic carbocycles. The van der Waals surface area contributed by atoms with E-state index in [1.54, 1.807) is 12.0 Å². The van der Waals surface area contributed by atoms with E-state index in [-0.39, 0.29) is 6.09 Å². The lowest BCUT2D eigenvalue weighted by Gasteiger charge is -2.34. The molecule has 27 heavy (non-hydrogen) atoms. The highest BCUT2D eigenvalue weighted by atomic mass is 16.6. The molecule has 1 fully saturated rings. The third kappa shape index (κ3) is 4.77. The molecule has 0 saturated carbocycles. The molecule has 0 radical (unpaired) electrons. The van der Waals surface area contributed by atoms with E-state index < -0.39 is 0 Å². The van der Waals surface area contributed by atoms with Gasteiger partial charge in [0.2, 0.25) is 5.95 Å². The fraction of sp³-hybridized carbons (Fsp3) is 0.526. The van der Waals surface area contributed by atoms with Gasteiger partial charge in [0.05, 0.1) is 12.1 Å². The quantitative estimate of drug-likeness (QED) is 0.746. The summed E-state index contributed by atoms with van der Waals surface area (Å²) >= 11 is 0. The van der Waals surface area contributed by atoms with Gasteiger partial charge in [0.15, 0.2) is 0 Å². The van der Waals surface area contributed by atoms with Crippen LogP contribution in [-0.4, -0.2) is 74.0 Å². The highest BCUT2D eigenvalue weighted by Crippen LogP contribution is 2.24. The average Bonchev–Trinajstić information content (AvgIpc) is 2.71. The Morgan fingerprint density at radius 2 is 1.96 bits per heavy atom. The lowest BCUT2D eigenvalue weighted by atomic mass is 10.2. The number of aromatic nitrogens is 2. The molecule has 8 nitrogen and oxygen atoms in total. The van der Waals surface area contributed by atoms with E-state index in [0.717, 1.165) is 29.7 Å². The summed E-state index contributed by atoms with van der Waals surface area (Å²) < 4.78 is 10.2. The zero-order valence-electron chi connectivity index (χ0n) is 16.0. The first-order valence-electron chi connectivity index (χ1n) is 9.39. The lowest BCUT2D eigenvalue weighted by Crippen LogP contribution is -2.49. The van der Waals surface area contributed by atoms with Gasteiger partial charge in [-0.3, -0.25) is 0 Å². The summed E-state index contributed by atoms with van der Waals surface area (Å²) in [4.78, 5) is 25.2. The topological polar surface area (TPSA) is 79.8 Å². The van der Waals surface area contributed by atoms with Crippen molar-refractivity contribution >= 4 is 28.8 Å². The van der Waals surface area contributed by atoms with E-state index in [0.29, 0.717) is 45.3 Å². The van der Waals surface area contributed by atoms with E-state index in [1.165, 1.54) is 0 Å². The Hall–Kier alpha value is -2.61. The van der Waals surface area contributed by atoms with Crippen LogP contribution in [-0.2, 0) is 9.47 Å². The Morgan fingerprint density at radius 1 is 1.19 bits per heavy atom. The summed E-state index contributed by atoms with van der Waals surface area (Å²) in [5.74, 6) is 1.52. The number of hydrogen-bond donors (Lipinski definition) is 1. The Bertz CT molecular complexity index is 762. The Kier molecular flexibility index (Phi) is 6.64. The molecule has 1 aliphatic heterocycles. The van der Waals surface area contributed by atoms with Crippen molar-refractivity contribution in [1.29, 1.82) is 0 Å². The molecule has 2 aromatic rings. The average molecular weight is 373 g/mol. The number of benzene rings is 1. The molecule has 0 atom stereocenters. The van der Waals surface area contributed by atoms with Crippen LogP contribution in [0.4, 0.5) is 16.6 Å². The maximum atomic E-state index is 11.9. The van der Waals surface area contributed by atoms with Crippen LogP contribution in [0.15, 0.2) is 24.3 Å². The van der Waals surface area contributed by atoms with Crippen LogP contribution in [0.1, 0.15) is 13.3 Å². The minimum atomic E-state index is -0.253. The first kappa shape index (κ1) is 19.2. The van der Waals surface area contributed by atoms with E-state index in [4.69, 9.17) is 19.4 Å². The normalized spacial score (nSPS) is 14.4. The van der Waals surface area contributed by atoms with Crippen molar-refractivity contribution in [1.82, 2.24) is 14.9 Å². The predicted molar refractivity (Wildman–Crippen MR) is 105 cm³/mol. The third-order valence-corrected chi connectivity index (χ3v) is 4.50. The molecule has 0 unspecified atom stereocenters. The summed E-state index contributed by atoms with van der Waals surface area (Å²) in [6.07, 6.45) is 0.652. The van der Waals surface area contributed by atoms with Gasteiger partial charge < -0.3 is 24.6 Å². The smallest absolute Gasteiger partial charge is 0.409 e. The van der Waals surface area contributed by atoms with Gasteiger partial charge in [-0.1, -0.05) is 12.1 Å². The third-order valence-electron chi connectivity index (χ3n) is 4.50. The van der Waals surface area contributed by atoms with Crippen LogP contribution < -0.4 is 10.2 Å². The molecule has 1 aromatic carbocycles. The first-order valence-corrected chi connectivity index (χ1v) is 9.39. The van der Waals surface area contributed by atoms with Crippen LogP contribution in [0.2, 0.25) is 0 Å². The van der Waals surface area contributed by atoms with Crippen LogP contribution >= 0.6 is 0 Å². The first-order chi connectivity index (χ1) is 13.2. The van der Waals surface area contributed by atoms with Crippen molar-refractivity contribution in [2.24, 2.45) is 0 Å². The number of ether oxygens (including phenoxy) is 2. The van der Waals surface area contributed by atoms with Crippen molar-refractivity contribution in [3.8, 4) is 0 Å². The molecule has 8 heteroatoms. The number of anilines is 2. The monoisotopic (exact) mass is 373 g/mol. The van der Waals surface area contributed by atoms with Crippen molar-refractivity contribution in [2.75, 3.05) is 63.3 Å². The number of fused-ring (bicyclic) bond motifs is 1. The van der Waals surface area contributed by atoms with Gasteiger partial charge in [-0.25, -0.2) is 9.78 Å². The fourth-order valence-corrected chi connectivity index (χ4v) is 3.07. The van der Waals surface area contributed by atoms with E-state index in [2.05, 4.69) is 10.2 Å². The zero-order valence-corrected chi connectivity index (χ0v) is 16.0. The van der Waals surface area contributed by atoms with Gasteiger partial charge >= 0.3 is 6.09 Å². The minimum absolute atomic E-state index is 0.253. The second-order valence-electron chi connectivity index (χ2n) is 6.34. The maximum absolute atomic E-state index is 11.9. The summed E-state index contributed by atoms with van der Waals surface area (Å²) in [5.41, 5.74) is 0.907. The SMILES string of the molecule is CCOC(=O)N1CCN(c2nc(NCCCOC)c3ccccc3n2)CC1. The van der Waals surface area contributed by atoms with Crippen LogP contribution in [0.5, 0.6) is 0 Å². The second-order valence-corrected chi connectivity index (χ2v) is 6.34. The Labute approximate surface area is 159 Å². The Balaban J connectivity index is 1.74. The van der Waals surface area contributed by atoms with E-state index >= 15 is 0 Å². The van der Waals surface area contributed by atoms with Crippen molar-refractivity contribution in [3.05, 3.63) is 24.3 Å². The van der Waals surface area contributed by atoms with E-state index in [1.807, 2.05) is 31.2 Å². The highest BCUT2D eigenvalue weighted by Gasteiger charge is 2.24. The molecular weight excluding hydrogens is 346 g/mol. The molecular formula is C19H27N5O3. The standard InChI is InChI=1S/C19H27N5O3/c1-3-27-19(25)24-12-10-23(11-13-24)18-21-16-8-5-4-7-15(16)17(22-18)20-9-6-14-26-2/h4-5,7-8H,3,6,9-14H2,1-2H3,(H,20,21,22).